The van der Waals surface area contributed by atoms with E-state index in [1.54, 1.807) is 0 Å². The second-order valence-corrected chi connectivity index (χ2v) is 3.20. The van der Waals surface area contributed by atoms with Crippen molar-refractivity contribution in [2.75, 3.05) is 7.11 Å². The van der Waals surface area contributed by atoms with Crippen molar-refractivity contribution in [1.82, 2.24) is 0 Å². The Labute approximate surface area is 91.7 Å². The molecule has 0 atom stereocenters. The first-order chi connectivity index (χ1) is 7.54. The predicted octanol–water partition coefficient (Wildman–Crippen LogP) is 1.63. The molecule has 0 bridgehead atoms. The number of rotatable bonds is 4. The fourth-order valence-corrected chi connectivity index (χ4v) is 1.25. The molecule has 0 radical (unpaired) electrons. The van der Waals surface area contributed by atoms with Crippen LogP contribution >= 0.6 is 0 Å². The Morgan fingerprint density at radius 1 is 1.44 bits per heavy atom. The van der Waals surface area contributed by atoms with E-state index in [2.05, 4.69) is 4.74 Å². The molecule has 0 spiro atoms. The standard InChI is InChI=1S/C11H11FO4/c1-16-11(15)8-6-7(2-4-9(8)12)3-5-10(13)14/h2,4,6H,3,5H2,1H3,(H,13,14). The minimum absolute atomic E-state index is 0.0632. The summed E-state index contributed by atoms with van der Waals surface area (Å²) >= 11 is 0. The van der Waals surface area contributed by atoms with E-state index in [9.17, 15) is 14.0 Å². The molecular formula is C11H11FO4. The number of esters is 1. The molecule has 86 valence electrons. The molecule has 5 heteroatoms. The van der Waals surface area contributed by atoms with E-state index in [1.807, 2.05) is 0 Å². The fraction of sp³-hybridized carbons (Fsp3) is 0.273. The summed E-state index contributed by atoms with van der Waals surface area (Å²) in [5, 5.41) is 8.49. The number of carbonyl (C=O) groups excluding carboxylic acids is 1. The average molecular weight is 226 g/mol. The topological polar surface area (TPSA) is 63.6 Å². The number of aryl methyl sites for hydroxylation is 1. The van der Waals surface area contributed by atoms with Gasteiger partial charge in [-0.25, -0.2) is 9.18 Å². The lowest BCUT2D eigenvalue weighted by molar-refractivity contribution is -0.136. The Morgan fingerprint density at radius 2 is 2.12 bits per heavy atom. The molecule has 0 saturated carbocycles. The van der Waals surface area contributed by atoms with Gasteiger partial charge in [-0.2, -0.15) is 0 Å². The van der Waals surface area contributed by atoms with E-state index in [-0.39, 0.29) is 18.4 Å². The molecule has 0 amide bonds. The number of methoxy groups -OCH3 is 1. The fourth-order valence-electron chi connectivity index (χ4n) is 1.25. The van der Waals surface area contributed by atoms with Gasteiger partial charge in [-0.3, -0.25) is 4.79 Å². The molecule has 1 rings (SSSR count). The predicted molar refractivity (Wildman–Crippen MR) is 53.7 cm³/mol. The number of carboxylic acid groups (broad SMARTS) is 1. The second-order valence-electron chi connectivity index (χ2n) is 3.20. The van der Waals surface area contributed by atoms with Crippen LogP contribution in [0.25, 0.3) is 0 Å². The monoisotopic (exact) mass is 226 g/mol. The van der Waals surface area contributed by atoms with Crippen LogP contribution in [0, 0.1) is 5.82 Å². The maximum Gasteiger partial charge on any atom is 0.340 e. The van der Waals surface area contributed by atoms with Crippen LogP contribution in [-0.4, -0.2) is 24.2 Å². The maximum absolute atomic E-state index is 13.2. The summed E-state index contributed by atoms with van der Waals surface area (Å²) in [4.78, 5) is 21.5. The summed E-state index contributed by atoms with van der Waals surface area (Å²) in [6, 6.07) is 3.89. The molecule has 0 saturated heterocycles. The van der Waals surface area contributed by atoms with Crippen LogP contribution in [0.2, 0.25) is 0 Å². The number of halogens is 1. The van der Waals surface area contributed by atoms with Gasteiger partial charge in [-0.05, 0) is 24.1 Å². The number of carbonyl (C=O) groups is 2. The van der Waals surface area contributed by atoms with Crippen LogP contribution in [0.4, 0.5) is 4.39 Å². The first kappa shape index (κ1) is 12.2. The molecule has 0 aromatic heterocycles. The third kappa shape index (κ3) is 3.05. The van der Waals surface area contributed by atoms with E-state index >= 15 is 0 Å². The van der Waals surface area contributed by atoms with Gasteiger partial charge in [0.05, 0.1) is 12.7 Å². The molecule has 0 fully saturated rings. The van der Waals surface area contributed by atoms with Crippen molar-refractivity contribution >= 4 is 11.9 Å². The van der Waals surface area contributed by atoms with Crippen LogP contribution in [0.15, 0.2) is 18.2 Å². The van der Waals surface area contributed by atoms with Gasteiger partial charge >= 0.3 is 11.9 Å². The minimum atomic E-state index is -0.941. The van der Waals surface area contributed by atoms with E-state index in [0.29, 0.717) is 5.56 Å². The highest BCUT2D eigenvalue weighted by molar-refractivity contribution is 5.89. The summed E-state index contributed by atoms with van der Waals surface area (Å²) in [5.41, 5.74) is 0.412. The first-order valence-corrected chi connectivity index (χ1v) is 4.63. The molecule has 1 aromatic carbocycles. The summed E-state index contributed by atoms with van der Waals surface area (Å²) in [6.07, 6.45) is 0.186. The van der Waals surface area contributed by atoms with Crippen LogP contribution in [0.1, 0.15) is 22.3 Å². The van der Waals surface area contributed by atoms with Crippen LogP contribution in [0.5, 0.6) is 0 Å². The van der Waals surface area contributed by atoms with Crippen molar-refractivity contribution in [2.24, 2.45) is 0 Å². The van der Waals surface area contributed by atoms with Gasteiger partial charge < -0.3 is 9.84 Å². The summed E-state index contributed by atoms with van der Waals surface area (Å²) < 4.78 is 17.6. The highest BCUT2D eigenvalue weighted by Gasteiger charge is 2.12. The van der Waals surface area contributed by atoms with Crippen LogP contribution in [0.3, 0.4) is 0 Å². The number of carboxylic acids is 1. The highest BCUT2D eigenvalue weighted by Crippen LogP contribution is 2.13. The van der Waals surface area contributed by atoms with Gasteiger partial charge in [0.1, 0.15) is 5.82 Å². The van der Waals surface area contributed by atoms with Gasteiger partial charge in [0.25, 0.3) is 0 Å². The van der Waals surface area contributed by atoms with E-state index < -0.39 is 17.8 Å². The number of hydrogen-bond acceptors (Lipinski definition) is 3. The van der Waals surface area contributed by atoms with Crippen molar-refractivity contribution in [2.45, 2.75) is 12.8 Å². The van der Waals surface area contributed by atoms with Crippen molar-refractivity contribution in [3.8, 4) is 0 Å². The zero-order valence-corrected chi connectivity index (χ0v) is 8.70. The lowest BCUT2D eigenvalue weighted by atomic mass is 10.1. The van der Waals surface area contributed by atoms with Crippen molar-refractivity contribution in [1.29, 1.82) is 0 Å². The molecule has 4 nitrogen and oxygen atoms in total. The quantitative estimate of drug-likeness (QED) is 0.792. The molecule has 0 aliphatic carbocycles. The molecule has 1 aromatic rings. The largest absolute Gasteiger partial charge is 0.481 e. The molecule has 0 aliphatic rings. The molecule has 0 heterocycles. The minimum Gasteiger partial charge on any atom is -0.481 e. The first-order valence-electron chi connectivity index (χ1n) is 4.63. The molecule has 0 unspecified atom stereocenters. The lowest BCUT2D eigenvalue weighted by Gasteiger charge is -2.04. The second kappa shape index (κ2) is 5.25. The van der Waals surface area contributed by atoms with E-state index in [1.165, 1.54) is 12.1 Å². The Kier molecular flexibility index (Phi) is 3.99. The van der Waals surface area contributed by atoms with Gasteiger partial charge in [-0.1, -0.05) is 6.07 Å². The Hall–Kier alpha value is -1.91. The lowest BCUT2D eigenvalue weighted by Crippen LogP contribution is -2.06. The van der Waals surface area contributed by atoms with E-state index in [4.69, 9.17) is 5.11 Å². The highest BCUT2D eigenvalue weighted by atomic mass is 19.1. The Morgan fingerprint density at radius 3 is 2.69 bits per heavy atom. The molecule has 16 heavy (non-hydrogen) atoms. The molecule has 0 aliphatic heterocycles. The van der Waals surface area contributed by atoms with E-state index in [0.717, 1.165) is 13.2 Å². The number of benzene rings is 1. The third-order valence-corrected chi connectivity index (χ3v) is 2.06. The van der Waals surface area contributed by atoms with Crippen LogP contribution < -0.4 is 0 Å². The maximum atomic E-state index is 13.2. The summed E-state index contributed by atoms with van der Waals surface area (Å²) in [5.74, 6) is -2.38. The Bertz CT molecular complexity index is 414. The number of aliphatic carboxylic acids is 1. The number of ether oxygens (including phenoxy) is 1. The summed E-state index contributed by atoms with van der Waals surface area (Å²) in [7, 11) is 1.16. The van der Waals surface area contributed by atoms with Gasteiger partial charge in [0.15, 0.2) is 0 Å². The normalized spacial score (nSPS) is 9.88. The van der Waals surface area contributed by atoms with Crippen molar-refractivity contribution < 1.29 is 23.8 Å². The van der Waals surface area contributed by atoms with Gasteiger partial charge in [0, 0.05) is 6.42 Å². The van der Waals surface area contributed by atoms with Crippen molar-refractivity contribution in [3.05, 3.63) is 35.1 Å². The van der Waals surface area contributed by atoms with Gasteiger partial charge in [0.2, 0.25) is 0 Å². The molecule has 1 N–H and O–H groups in total. The SMILES string of the molecule is COC(=O)c1cc(CCC(=O)O)ccc1F. The Balaban J connectivity index is 2.89. The van der Waals surface area contributed by atoms with Gasteiger partial charge in [-0.15, -0.1) is 0 Å². The molecular weight excluding hydrogens is 215 g/mol. The van der Waals surface area contributed by atoms with Crippen molar-refractivity contribution in [3.63, 3.8) is 0 Å². The number of hydrogen-bond donors (Lipinski definition) is 1. The summed E-state index contributed by atoms with van der Waals surface area (Å²) in [6.45, 7) is 0. The third-order valence-electron chi connectivity index (χ3n) is 2.06. The average Bonchev–Trinajstić information content (AvgIpc) is 2.27. The van der Waals surface area contributed by atoms with Crippen LogP contribution in [-0.2, 0) is 16.0 Å². The zero-order chi connectivity index (χ0) is 12.1. The smallest absolute Gasteiger partial charge is 0.340 e. The zero-order valence-electron chi connectivity index (χ0n) is 8.70.